The molecule has 2 N–H and O–H groups in total. The van der Waals surface area contributed by atoms with Crippen molar-refractivity contribution in [1.82, 2.24) is 15.5 Å². The zero-order valence-electron chi connectivity index (χ0n) is 16.0. The van der Waals surface area contributed by atoms with Gasteiger partial charge in [0.1, 0.15) is 5.75 Å². The van der Waals surface area contributed by atoms with E-state index in [1.807, 2.05) is 0 Å². The average Bonchev–Trinajstić information content (AvgIpc) is 2.58. The van der Waals surface area contributed by atoms with E-state index in [9.17, 15) is 26.3 Å². The molecule has 1 aromatic rings. The van der Waals surface area contributed by atoms with Crippen LogP contribution in [0.25, 0.3) is 0 Å². The zero-order chi connectivity index (χ0) is 21.2. The normalized spacial score (nSPS) is 12.5. The van der Waals surface area contributed by atoms with Crippen molar-refractivity contribution in [3.8, 4) is 5.75 Å². The van der Waals surface area contributed by atoms with Crippen LogP contribution in [0.4, 0.5) is 26.3 Å². The van der Waals surface area contributed by atoms with Gasteiger partial charge in [-0.25, -0.2) is 0 Å². The van der Waals surface area contributed by atoms with Crippen LogP contribution in [0.3, 0.4) is 0 Å². The van der Waals surface area contributed by atoms with Gasteiger partial charge in [-0.05, 0) is 37.7 Å². The van der Waals surface area contributed by atoms with Crippen LogP contribution >= 0.6 is 24.0 Å². The predicted octanol–water partition coefficient (Wildman–Crippen LogP) is 3.79. The molecule has 0 atom stereocenters. The molecule has 0 radical (unpaired) electrons. The van der Waals surface area contributed by atoms with Crippen LogP contribution in [0.1, 0.15) is 12.0 Å². The molecule has 168 valence electrons. The highest BCUT2D eigenvalue weighted by atomic mass is 127. The molecule has 0 bridgehead atoms. The van der Waals surface area contributed by atoms with E-state index in [4.69, 9.17) is 0 Å². The third kappa shape index (κ3) is 14.2. The number of hydrogen-bond donors (Lipinski definition) is 2. The molecule has 0 heterocycles. The maximum Gasteiger partial charge on any atom is 0.422 e. The summed E-state index contributed by atoms with van der Waals surface area (Å²) in [5.74, 6) is 0.586. The summed E-state index contributed by atoms with van der Waals surface area (Å²) < 4.78 is 77.7. The summed E-state index contributed by atoms with van der Waals surface area (Å²) in [5.41, 5.74) is 0.798. The maximum absolute atomic E-state index is 12.2. The molecule has 29 heavy (non-hydrogen) atoms. The second-order valence-electron chi connectivity index (χ2n) is 6.11. The molecule has 0 fully saturated rings. The number of nitrogens with zero attached hydrogens (tertiary/aromatic N) is 2. The van der Waals surface area contributed by atoms with Gasteiger partial charge < -0.3 is 15.4 Å². The van der Waals surface area contributed by atoms with Gasteiger partial charge in [-0.15, -0.1) is 24.0 Å². The zero-order valence-corrected chi connectivity index (χ0v) is 18.4. The molecule has 1 aromatic carbocycles. The van der Waals surface area contributed by atoms with Crippen LogP contribution in [0.15, 0.2) is 29.3 Å². The lowest BCUT2D eigenvalue weighted by molar-refractivity contribution is -0.153. The summed E-state index contributed by atoms with van der Waals surface area (Å²) >= 11 is 0. The van der Waals surface area contributed by atoms with Crippen molar-refractivity contribution >= 4 is 29.9 Å². The first-order valence-electron chi connectivity index (χ1n) is 8.47. The molecule has 1 rings (SSSR count). The lowest BCUT2D eigenvalue weighted by atomic mass is 10.2. The molecule has 0 aliphatic carbocycles. The van der Waals surface area contributed by atoms with Gasteiger partial charge in [-0.3, -0.25) is 9.89 Å². The van der Waals surface area contributed by atoms with Gasteiger partial charge in [0.25, 0.3) is 0 Å². The number of benzene rings is 1. The molecule has 0 saturated carbocycles. The molecule has 5 nitrogen and oxygen atoms in total. The number of nitrogens with one attached hydrogen (secondary N) is 2. The highest BCUT2D eigenvalue weighted by molar-refractivity contribution is 14.0. The fourth-order valence-corrected chi connectivity index (χ4v) is 2.22. The number of aliphatic imine (C=N–C) groups is 1. The van der Waals surface area contributed by atoms with E-state index < -0.39 is 25.5 Å². The lowest BCUT2D eigenvalue weighted by Gasteiger charge is -2.19. The standard InChI is InChI=1S/C17H24F6N4O.HI/c1-24-15(25-8-3-9-27(2)11-16(18,19)20)26-10-13-4-6-14(7-5-13)28-12-17(21,22)23;/h4-7H,3,8-12H2,1-2H3,(H2,24,25,26);1H. The monoisotopic (exact) mass is 542 g/mol. The molecule has 0 spiro atoms. The van der Waals surface area contributed by atoms with Crippen LogP contribution in [0, 0.1) is 0 Å². The summed E-state index contributed by atoms with van der Waals surface area (Å²) in [6, 6.07) is 6.13. The van der Waals surface area contributed by atoms with Gasteiger partial charge in [0.05, 0.1) is 6.54 Å². The number of guanidine groups is 1. The highest BCUT2D eigenvalue weighted by Crippen LogP contribution is 2.19. The largest absolute Gasteiger partial charge is 0.484 e. The van der Waals surface area contributed by atoms with Crippen molar-refractivity contribution in [1.29, 1.82) is 0 Å². The fraction of sp³-hybridized carbons (Fsp3) is 0.588. The predicted molar refractivity (Wildman–Crippen MR) is 110 cm³/mol. The minimum atomic E-state index is -4.39. The van der Waals surface area contributed by atoms with E-state index in [0.29, 0.717) is 25.5 Å². The molecule has 0 saturated heterocycles. The summed E-state index contributed by atoms with van der Waals surface area (Å²) in [5, 5.41) is 6.00. The lowest BCUT2D eigenvalue weighted by Crippen LogP contribution is -2.39. The first-order chi connectivity index (χ1) is 13.0. The Labute approximate surface area is 182 Å². The first kappa shape index (κ1) is 27.6. The van der Waals surface area contributed by atoms with Crippen molar-refractivity contribution in [3.05, 3.63) is 29.8 Å². The Kier molecular flexibility index (Phi) is 12.3. The summed E-state index contributed by atoms with van der Waals surface area (Å²) in [6.07, 6.45) is -8.11. The second kappa shape index (κ2) is 13.0. The van der Waals surface area contributed by atoms with Gasteiger partial charge >= 0.3 is 12.4 Å². The molecule has 0 amide bonds. The van der Waals surface area contributed by atoms with E-state index in [2.05, 4.69) is 20.4 Å². The van der Waals surface area contributed by atoms with E-state index in [1.54, 1.807) is 19.2 Å². The molecule has 0 unspecified atom stereocenters. The van der Waals surface area contributed by atoms with Crippen molar-refractivity contribution in [2.75, 3.05) is 40.3 Å². The summed E-state index contributed by atoms with van der Waals surface area (Å²) in [6.45, 7) is -1.22. The Morgan fingerprint density at radius 1 is 1.03 bits per heavy atom. The minimum Gasteiger partial charge on any atom is -0.484 e. The number of alkyl halides is 6. The molecule has 0 aromatic heterocycles. The molecular formula is C17H25F6IN4O. The average molecular weight is 542 g/mol. The highest BCUT2D eigenvalue weighted by Gasteiger charge is 2.29. The van der Waals surface area contributed by atoms with Gasteiger partial charge in [0, 0.05) is 20.1 Å². The molecule has 0 aliphatic rings. The van der Waals surface area contributed by atoms with E-state index in [1.165, 1.54) is 24.1 Å². The molecule has 12 heteroatoms. The summed E-state index contributed by atoms with van der Waals surface area (Å²) in [4.78, 5) is 5.20. The molecule has 0 aliphatic heterocycles. The maximum atomic E-state index is 12.2. The quantitative estimate of drug-likeness (QED) is 0.164. The number of rotatable bonds is 9. The van der Waals surface area contributed by atoms with Crippen LogP contribution < -0.4 is 15.4 Å². The topological polar surface area (TPSA) is 48.9 Å². The van der Waals surface area contributed by atoms with Gasteiger partial charge in [0.2, 0.25) is 0 Å². The number of ether oxygens (including phenoxy) is 1. The van der Waals surface area contributed by atoms with E-state index in [0.717, 1.165) is 5.56 Å². The first-order valence-corrected chi connectivity index (χ1v) is 8.47. The van der Waals surface area contributed by atoms with Crippen molar-refractivity contribution in [2.24, 2.45) is 4.99 Å². The molecular weight excluding hydrogens is 517 g/mol. The smallest absolute Gasteiger partial charge is 0.422 e. The Morgan fingerprint density at radius 3 is 2.17 bits per heavy atom. The van der Waals surface area contributed by atoms with E-state index >= 15 is 0 Å². The Balaban J connectivity index is 0.00000784. The van der Waals surface area contributed by atoms with Crippen molar-refractivity contribution in [3.63, 3.8) is 0 Å². The minimum absolute atomic E-state index is 0. The SMILES string of the molecule is CN=C(NCCCN(C)CC(F)(F)F)NCc1ccc(OCC(F)(F)F)cc1.I. The van der Waals surface area contributed by atoms with E-state index in [-0.39, 0.29) is 36.3 Å². The van der Waals surface area contributed by atoms with Crippen molar-refractivity contribution in [2.45, 2.75) is 25.3 Å². The third-order valence-electron chi connectivity index (χ3n) is 3.47. The van der Waals surface area contributed by atoms with Gasteiger partial charge in [-0.1, -0.05) is 12.1 Å². The summed E-state index contributed by atoms with van der Waals surface area (Å²) in [7, 11) is 2.96. The van der Waals surface area contributed by atoms with Crippen LogP contribution in [-0.2, 0) is 6.54 Å². The Hall–Kier alpha value is -1.44. The van der Waals surface area contributed by atoms with Gasteiger partial charge in [0.15, 0.2) is 12.6 Å². The number of halogens is 7. The fourth-order valence-electron chi connectivity index (χ4n) is 2.22. The Bertz CT molecular complexity index is 607. The number of hydrogen-bond acceptors (Lipinski definition) is 3. The van der Waals surface area contributed by atoms with Crippen molar-refractivity contribution < 1.29 is 31.1 Å². The second-order valence-corrected chi connectivity index (χ2v) is 6.11. The van der Waals surface area contributed by atoms with Crippen LogP contribution in [-0.4, -0.2) is 63.5 Å². The van der Waals surface area contributed by atoms with Gasteiger partial charge in [-0.2, -0.15) is 26.3 Å². The third-order valence-corrected chi connectivity index (χ3v) is 3.47. The van der Waals surface area contributed by atoms with Crippen LogP contribution in [0.2, 0.25) is 0 Å². The van der Waals surface area contributed by atoms with Crippen LogP contribution in [0.5, 0.6) is 5.75 Å². The Morgan fingerprint density at radius 2 is 1.66 bits per heavy atom.